The molecule has 1 aromatic heterocycles. The molecule has 0 aliphatic rings. The lowest BCUT2D eigenvalue weighted by atomic mass is 10.3. The van der Waals surface area contributed by atoms with Gasteiger partial charge in [0, 0.05) is 22.0 Å². The van der Waals surface area contributed by atoms with E-state index in [-0.39, 0.29) is 6.10 Å². The summed E-state index contributed by atoms with van der Waals surface area (Å²) >= 11 is 17.0. The van der Waals surface area contributed by atoms with Crippen LogP contribution in [0.15, 0.2) is 34.1 Å². The van der Waals surface area contributed by atoms with Crippen molar-refractivity contribution in [1.29, 1.82) is 0 Å². The Labute approximate surface area is 128 Å². The van der Waals surface area contributed by atoms with Crippen molar-refractivity contribution in [2.75, 3.05) is 6.54 Å². The molecule has 0 spiro atoms. The number of ether oxygens (including phenoxy) is 1. The molecule has 2 nitrogen and oxygen atoms in total. The molecule has 0 aliphatic heterocycles. The van der Waals surface area contributed by atoms with Crippen molar-refractivity contribution in [1.82, 2.24) is 0 Å². The van der Waals surface area contributed by atoms with Gasteiger partial charge in [0.25, 0.3) is 0 Å². The molecule has 0 saturated heterocycles. The van der Waals surface area contributed by atoms with Gasteiger partial charge in [-0.25, -0.2) is 0 Å². The van der Waals surface area contributed by atoms with E-state index in [1.54, 1.807) is 23.5 Å². The quantitative estimate of drug-likeness (QED) is 0.781. The molecule has 18 heavy (non-hydrogen) atoms. The van der Waals surface area contributed by atoms with E-state index in [0.29, 0.717) is 22.3 Å². The minimum absolute atomic E-state index is 0.209. The zero-order valence-electron chi connectivity index (χ0n) is 9.20. The van der Waals surface area contributed by atoms with Gasteiger partial charge in [0.2, 0.25) is 0 Å². The fraction of sp³-hybridized carbons (Fsp3) is 0.167. The summed E-state index contributed by atoms with van der Waals surface area (Å²) in [6, 6.07) is 7.34. The Hall–Kier alpha value is -0.260. The van der Waals surface area contributed by atoms with E-state index in [9.17, 15) is 0 Å². The van der Waals surface area contributed by atoms with E-state index < -0.39 is 0 Å². The first-order valence-corrected chi connectivity index (χ1v) is 7.59. The van der Waals surface area contributed by atoms with Crippen LogP contribution in [-0.2, 0) is 0 Å². The van der Waals surface area contributed by atoms with Crippen molar-refractivity contribution in [3.05, 3.63) is 49.0 Å². The van der Waals surface area contributed by atoms with Crippen LogP contribution in [0.1, 0.15) is 11.0 Å². The molecule has 0 amide bonds. The van der Waals surface area contributed by atoms with E-state index in [1.165, 1.54) is 0 Å². The second-order valence-electron chi connectivity index (χ2n) is 3.55. The van der Waals surface area contributed by atoms with E-state index in [2.05, 4.69) is 15.9 Å². The maximum absolute atomic E-state index is 6.11. The highest BCUT2D eigenvalue weighted by atomic mass is 79.9. The number of hydrogen-bond acceptors (Lipinski definition) is 3. The molecule has 0 aliphatic carbocycles. The maximum atomic E-state index is 6.11. The molecule has 2 aromatic rings. The van der Waals surface area contributed by atoms with Crippen LogP contribution in [0.25, 0.3) is 0 Å². The van der Waals surface area contributed by atoms with Crippen LogP contribution in [0, 0.1) is 0 Å². The highest BCUT2D eigenvalue weighted by Crippen LogP contribution is 2.36. The molecule has 2 rings (SSSR count). The van der Waals surface area contributed by atoms with Crippen LogP contribution >= 0.6 is 50.5 Å². The molecule has 1 aromatic carbocycles. The Morgan fingerprint density at radius 1 is 1.33 bits per heavy atom. The molecule has 0 radical (unpaired) electrons. The minimum atomic E-state index is -0.209. The van der Waals surface area contributed by atoms with Gasteiger partial charge in [-0.2, -0.15) is 0 Å². The Balaban J connectivity index is 2.25. The van der Waals surface area contributed by atoms with Gasteiger partial charge in [0.15, 0.2) is 0 Å². The first kappa shape index (κ1) is 14.2. The third-order valence-corrected chi connectivity index (χ3v) is 4.78. The third-order valence-electron chi connectivity index (χ3n) is 2.32. The second-order valence-corrected chi connectivity index (χ2v) is 6.20. The highest BCUT2D eigenvalue weighted by Gasteiger charge is 2.15. The first-order chi connectivity index (χ1) is 8.61. The van der Waals surface area contributed by atoms with Crippen molar-refractivity contribution in [3.63, 3.8) is 0 Å². The fourth-order valence-electron chi connectivity index (χ4n) is 1.44. The Morgan fingerprint density at radius 2 is 2.11 bits per heavy atom. The summed E-state index contributed by atoms with van der Waals surface area (Å²) in [4.78, 5) is 1.06. The van der Waals surface area contributed by atoms with Crippen LogP contribution in [0.5, 0.6) is 5.75 Å². The van der Waals surface area contributed by atoms with Gasteiger partial charge in [-0.15, -0.1) is 11.3 Å². The van der Waals surface area contributed by atoms with Gasteiger partial charge in [-0.1, -0.05) is 29.3 Å². The first-order valence-electron chi connectivity index (χ1n) is 5.16. The second kappa shape index (κ2) is 6.26. The number of rotatable bonds is 4. The Kier molecular flexibility index (Phi) is 4.92. The lowest BCUT2D eigenvalue weighted by Crippen LogP contribution is -2.17. The predicted octanol–water partition coefficient (Wildman–Crippen LogP) is 4.90. The topological polar surface area (TPSA) is 35.2 Å². The molecule has 0 saturated carbocycles. The molecule has 2 N–H and O–H groups in total. The third kappa shape index (κ3) is 3.19. The lowest BCUT2D eigenvalue weighted by Gasteiger charge is -2.17. The van der Waals surface area contributed by atoms with Crippen molar-refractivity contribution in [3.8, 4) is 5.75 Å². The molecule has 0 bridgehead atoms. The Morgan fingerprint density at radius 3 is 2.72 bits per heavy atom. The Bertz CT molecular complexity index is 533. The van der Waals surface area contributed by atoms with E-state index in [1.807, 2.05) is 17.5 Å². The molecule has 6 heteroatoms. The largest absolute Gasteiger partial charge is 0.482 e. The fourth-order valence-corrected chi connectivity index (χ4v) is 3.05. The lowest BCUT2D eigenvalue weighted by molar-refractivity contribution is 0.218. The van der Waals surface area contributed by atoms with Crippen LogP contribution in [0.2, 0.25) is 10.0 Å². The zero-order valence-corrected chi connectivity index (χ0v) is 13.1. The van der Waals surface area contributed by atoms with Gasteiger partial charge in [0.05, 0.1) is 10.0 Å². The summed E-state index contributed by atoms with van der Waals surface area (Å²) in [7, 11) is 0. The smallest absolute Gasteiger partial charge is 0.145 e. The molecule has 96 valence electrons. The summed E-state index contributed by atoms with van der Waals surface area (Å²) in [5.41, 5.74) is 5.73. The molecular weight excluding hydrogens is 357 g/mol. The average Bonchev–Trinajstić information content (AvgIpc) is 2.85. The number of hydrogen-bond donors (Lipinski definition) is 1. The number of benzene rings is 1. The van der Waals surface area contributed by atoms with Gasteiger partial charge in [-0.05, 0) is 33.4 Å². The van der Waals surface area contributed by atoms with Crippen LogP contribution < -0.4 is 10.5 Å². The number of thiophene rings is 1. The molecule has 1 heterocycles. The predicted molar refractivity (Wildman–Crippen MR) is 80.9 cm³/mol. The van der Waals surface area contributed by atoms with Crippen LogP contribution in [-0.4, -0.2) is 6.54 Å². The van der Waals surface area contributed by atoms with Crippen LogP contribution in [0.4, 0.5) is 0 Å². The summed E-state index contributed by atoms with van der Waals surface area (Å²) in [6.45, 7) is 0.379. The SMILES string of the molecule is NCC(Oc1cc(Cl)c(Br)cc1Cl)c1cccs1. The van der Waals surface area contributed by atoms with Crippen molar-refractivity contribution in [2.24, 2.45) is 5.73 Å². The van der Waals surface area contributed by atoms with E-state index in [4.69, 9.17) is 33.7 Å². The van der Waals surface area contributed by atoms with Crippen molar-refractivity contribution in [2.45, 2.75) is 6.10 Å². The van der Waals surface area contributed by atoms with E-state index in [0.717, 1.165) is 9.35 Å². The normalized spacial score (nSPS) is 12.4. The molecule has 1 unspecified atom stereocenters. The van der Waals surface area contributed by atoms with Gasteiger partial charge in [-0.3, -0.25) is 0 Å². The maximum Gasteiger partial charge on any atom is 0.145 e. The molecular formula is C12H10BrCl2NOS. The van der Waals surface area contributed by atoms with Gasteiger partial charge >= 0.3 is 0 Å². The van der Waals surface area contributed by atoms with Gasteiger partial charge in [0.1, 0.15) is 11.9 Å². The zero-order chi connectivity index (χ0) is 13.1. The average molecular weight is 367 g/mol. The van der Waals surface area contributed by atoms with E-state index >= 15 is 0 Å². The van der Waals surface area contributed by atoms with Crippen molar-refractivity contribution >= 4 is 50.5 Å². The standard InChI is InChI=1S/C12H10BrCl2NOS/c13-7-4-9(15)10(5-8(7)14)17-11(6-16)12-2-1-3-18-12/h1-5,11H,6,16H2. The van der Waals surface area contributed by atoms with Crippen molar-refractivity contribution < 1.29 is 4.74 Å². The molecule has 1 atom stereocenters. The number of halogens is 3. The summed E-state index contributed by atoms with van der Waals surface area (Å²) in [5, 5.41) is 3.04. The van der Waals surface area contributed by atoms with Crippen LogP contribution in [0.3, 0.4) is 0 Å². The summed E-state index contributed by atoms with van der Waals surface area (Å²) in [6.07, 6.45) is -0.209. The number of nitrogens with two attached hydrogens (primary N) is 1. The minimum Gasteiger partial charge on any atom is -0.482 e. The summed E-state index contributed by atoms with van der Waals surface area (Å²) in [5.74, 6) is 0.536. The van der Waals surface area contributed by atoms with Gasteiger partial charge < -0.3 is 10.5 Å². The summed E-state index contributed by atoms with van der Waals surface area (Å²) < 4.78 is 6.56. The highest BCUT2D eigenvalue weighted by molar-refractivity contribution is 9.10. The monoisotopic (exact) mass is 365 g/mol. The molecule has 0 fully saturated rings.